The Labute approximate surface area is 106 Å². The third-order valence-corrected chi connectivity index (χ3v) is 3.10. The molecule has 1 heterocycles. The third kappa shape index (κ3) is 3.07. The Morgan fingerprint density at radius 2 is 2.00 bits per heavy atom. The fraction of sp³-hybridized carbons (Fsp3) is 0.385. The van der Waals surface area contributed by atoms with Crippen LogP contribution >= 0.6 is 11.6 Å². The number of halogens is 1. The fourth-order valence-corrected chi connectivity index (χ4v) is 1.62. The average Bonchev–Trinajstić information content (AvgIpc) is 2.80. The molecule has 17 heavy (non-hydrogen) atoms. The zero-order chi connectivity index (χ0) is 12.3. The van der Waals surface area contributed by atoms with Crippen LogP contribution in [0.4, 0.5) is 0 Å². The van der Waals surface area contributed by atoms with Crippen LogP contribution < -0.4 is 0 Å². The Kier molecular flexibility index (Phi) is 3.79. The Bertz CT molecular complexity index is 478. The van der Waals surface area contributed by atoms with E-state index in [4.69, 9.17) is 16.1 Å². The quantitative estimate of drug-likeness (QED) is 0.778. The van der Waals surface area contributed by atoms with Gasteiger partial charge < -0.3 is 4.52 Å². The molecule has 0 aliphatic carbocycles. The van der Waals surface area contributed by atoms with Gasteiger partial charge in [-0.05, 0) is 18.9 Å². The number of rotatable bonds is 4. The summed E-state index contributed by atoms with van der Waals surface area (Å²) in [7, 11) is 0. The zero-order valence-electron chi connectivity index (χ0n) is 9.98. The molecule has 0 bridgehead atoms. The average molecular weight is 251 g/mol. The third-order valence-electron chi connectivity index (χ3n) is 2.60. The molecular formula is C13H15ClN2O. The highest BCUT2D eigenvalue weighted by molar-refractivity contribution is 6.20. The largest absolute Gasteiger partial charge is 0.339 e. The smallest absolute Gasteiger partial charge is 0.231 e. The minimum atomic E-state index is -0.162. The first-order valence-electron chi connectivity index (χ1n) is 5.71. The number of aromatic nitrogens is 2. The first kappa shape index (κ1) is 12.1. The van der Waals surface area contributed by atoms with Crippen molar-refractivity contribution in [3.63, 3.8) is 0 Å². The van der Waals surface area contributed by atoms with E-state index in [9.17, 15) is 0 Å². The Morgan fingerprint density at radius 1 is 1.29 bits per heavy atom. The maximum absolute atomic E-state index is 6.04. The number of benzene rings is 1. The van der Waals surface area contributed by atoms with Crippen LogP contribution in [0.2, 0.25) is 0 Å². The van der Waals surface area contributed by atoms with E-state index in [0.29, 0.717) is 18.1 Å². The molecule has 0 saturated carbocycles. The molecule has 0 amide bonds. The van der Waals surface area contributed by atoms with Crippen molar-refractivity contribution in [3.8, 4) is 0 Å². The molecule has 3 nitrogen and oxygen atoms in total. The first-order chi connectivity index (χ1) is 8.19. The van der Waals surface area contributed by atoms with E-state index < -0.39 is 0 Å². The van der Waals surface area contributed by atoms with Crippen molar-refractivity contribution in [2.75, 3.05) is 0 Å². The van der Waals surface area contributed by atoms with Crippen LogP contribution in [0.5, 0.6) is 0 Å². The number of aryl methyl sites for hydroxylation is 1. The lowest BCUT2D eigenvalue weighted by Crippen LogP contribution is -1.93. The second kappa shape index (κ2) is 5.32. The lowest BCUT2D eigenvalue weighted by atomic mass is 10.1. The topological polar surface area (TPSA) is 38.9 Å². The summed E-state index contributed by atoms with van der Waals surface area (Å²) in [5, 5.41) is 3.72. The number of alkyl halides is 1. The van der Waals surface area contributed by atoms with E-state index in [0.717, 1.165) is 12.0 Å². The van der Waals surface area contributed by atoms with E-state index >= 15 is 0 Å². The van der Waals surface area contributed by atoms with Gasteiger partial charge in [-0.2, -0.15) is 4.98 Å². The summed E-state index contributed by atoms with van der Waals surface area (Å²) >= 11 is 6.04. The standard InChI is InChI=1S/C13H15ClN2O/c1-3-11(14)13-15-12(17-16-13)8-10-6-4-9(2)5-7-10/h4-7,11H,3,8H2,1-2H3. The predicted octanol–water partition coefficient (Wildman–Crippen LogP) is 3.66. The summed E-state index contributed by atoms with van der Waals surface area (Å²) in [6, 6.07) is 8.28. The van der Waals surface area contributed by atoms with Gasteiger partial charge in [0.1, 0.15) is 0 Å². The van der Waals surface area contributed by atoms with Gasteiger partial charge in [0, 0.05) is 0 Å². The summed E-state index contributed by atoms with van der Waals surface area (Å²) in [6.45, 7) is 4.06. The molecule has 2 aromatic rings. The Hall–Kier alpha value is -1.35. The van der Waals surface area contributed by atoms with Crippen molar-refractivity contribution >= 4 is 11.6 Å². The van der Waals surface area contributed by atoms with Crippen molar-refractivity contribution in [3.05, 3.63) is 47.1 Å². The number of nitrogens with zero attached hydrogens (tertiary/aromatic N) is 2. The van der Waals surface area contributed by atoms with Crippen LogP contribution in [0.25, 0.3) is 0 Å². The monoisotopic (exact) mass is 250 g/mol. The molecule has 90 valence electrons. The lowest BCUT2D eigenvalue weighted by molar-refractivity contribution is 0.378. The van der Waals surface area contributed by atoms with Gasteiger partial charge >= 0.3 is 0 Å². The summed E-state index contributed by atoms with van der Waals surface area (Å²) in [6.07, 6.45) is 1.45. The molecule has 2 rings (SSSR count). The second-order valence-electron chi connectivity index (χ2n) is 4.08. The number of hydrogen-bond acceptors (Lipinski definition) is 3. The maximum Gasteiger partial charge on any atom is 0.231 e. The maximum atomic E-state index is 6.04. The van der Waals surface area contributed by atoms with E-state index in [2.05, 4.69) is 41.3 Å². The molecule has 0 aliphatic heterocycles. The molecule has 0 spiro atoms. The van der Waals surface area contributed by atoms with Crippen LogP contribution in [-0.4, -0.2) is 10.1 Å². The van der Waals surface area contributed by atoms with E-state index in [-0.39, 0.29) is 5.38 Å². The van der Waals surface area contributed by atoms with Gasteiger partial charge in [0.2, 0.25) is 5.89 Å². The highest BCUT2D eigenvalue weighted by Gasteiger charge is 2.13. The van der Waals surface area contributed by atoms with Gasteiger partial charge in [0.15, 0.2) is 5.82 Å². The van der Waals surface area contributed by atoms with Gasteiger partial charge in [-0.1, -0.05) is 41.9 Å². The number of hydrogen-bond donors (Lipinski definition) is 0. The van der Waals surface area contributed by atoms with E-state index in [1.165, 1.54) is 5.56 Å². The highest BCUT2D eigenvalue weighted by atomic mass is 35.5. The fourth-order valence-electron chi connectivity index (χ4n) is 1.53. The Morgan fingerprint density at radius 3 is 2.65 bits per heavy atom. The van der Waals surface area contributed by atoms with Crippen molar-refractivity contribution < 1.29 is 4.52 Å². The molecule has 1 aromatic heterocycles. The van der Waals surface area contributed by atoms with E-state index in [1.54, 1.807) is 0 Å². The van der Waals surface area contributed by atoms with Crippen molar-refractivity contribution in [1.82, 2.24) is 10.1 Å². The molecule has 1 atom stereocenters. The predicted molar refractivity (Wildman–Crippen MR) is 67.2 cm³/mol. The van der Waals surface area contributed by atoms with Crippen molar-refractivity contribution in [2.45, 2.75) is 32.1 Å². The summed E-state index contributed by atoms with van der Waals surface area (Å²) in [5.74, 6) is 1.19. The van der Waals surface area contributed by atoms with Crippen LogP contribution in [-0.2, 0) is 6.42 Å². The van der Waals surface area contributed by atoms with E-state index in [1.807, 2.05) is 6.92 Å². The molecule has 0 aliphatic rings. The van der Waals surface area contributed by atoms with Gasteiger partial charge in [-0.3, -0.25) is 0 Å². The summed E-state index contributed by atoms with van der Waals surface area (Å²) < 4.78 is 5.18. The molecule has 0 saturated heterocycles. The molecule has 0 radical (unpaired) electrons. The molecule has 1 unspecified atom stereocenters. The van der Waals surface area contributed by atoms with Gasteiger partial charge in [0.25, 0.3) is 0 Å². The Balaban J connectivity index is 2.08. The SMILES string of the molecule is CCC(Cl)c1noc(Cc2ccc(C)cc2)n1. The normalized spacial score (nSPS) is 12.6. The van der Waals surface area contributed by atoms with Gasteiger partial charge in [-0.25, -0.2) is 0 Å². The highest BCUT2D eigenvalue weighted by Crippen LogP contribution is 2.21. The summed E-state index contributed by atoms with van der Waals surface area (Å²) in [5.41, 5.74) is 2.40. The first-order valence-corrected chi connectivity index (χ1v) is 6.14. The second-order valence-corrected chi connectivity index (χ2v) is 4.61. The van der Waals surface area contributed by atoms with Crippen LogP contribution in [0, 0.1) is 6.92 Å². The molecule has 4 heteroatoms. The van der Waals surface area contributed by atoms with Gasteiger partial charge in [-0.15, -0.1) is 11.6 Å². The van der Waals surface area contributed by atoms with Gasteiger partial charge in [0.05, 0.1) is 11.8 Å². The van der Waals surface area contributed by atoms with Crippen LogP contribution in [0.15, 0.2) is 28.8 Å². The molecule has 0 fully saturated rings. The lowest BCUT2D eigenvalue weighted by Gasteiger charge is -1.98. The van der Waals surface area contributed by atoms with Crippen LogP contribution in [0.3, 0.4) is 0 Å². The van der Waals surface area contributed by atoms with Crippen molar-refractivity contribution in [1.29, 1.82) is 0 Å². The molecule has 1 aromatic carbocycles. The zero-order valence-corrected chi connectivity index (χ0v) is 10.7. The van der Waals surface area contributed by atoms with Crippen LogP contribution in [0.1, 0.15) is 41.6 Å². The summed E-state index contributed by atoms with van der Waals surface area (Å²) in [4.78, 5) is 4.29. The minimum Gasteiger partial charge on any atom is -0.339 e. The molecule has 0 N–H and O–H groups in total. The van der Waals surface area contributed by atoms with Crippen molar-refractivity contribution in [2.24, 2.45) is 0 Å². The molecular weight excluding hydrogens is 236 g/mol. The minimum absolute atomic E-state index is 0.162.